The highest BCUT2D eigenvalue weighted by Gasteiger charge is 2.46. The number of nitrogens with one attached hydrogen (secondary N) is 1. The molecule has 0 radical (unpaired) electrons. The Morgan fingerprint density at radius 2 is 1.86 bits per heavy atom. The average Bonchev–Trinajstić information content (AvgIpc) is 3.02. The number of hydrogen-bond donors (Lipinski definition) is 2. The molecule has 0 bridgehead atoms. The number of alkyl halides is 3. The first-order valence-electron chi connectivity index (χ1n) is 15.2. The fraction of sp³-hybridized carbons (Fsp3) is 0.531. The van der Waals surface area contributed by atoms with Gasteiger partial charge in [0.1, 0.15) is 5.75 Å². The van der Waals surface area contributed by atoms with E-state index in [4.69, 9.17) is 20.2 Å². The van der Waals surface area contributed by atoms with Gasteiger partial charge < -0.3 is 20.5 Å². The predicted molar refractivity (Wildman–Crippen MR) is 159 cm³/mol. The molecule has 12 heteroatoms. The number of ether oxygens (including phenoxy) is 2. The Kier molecular flexibility index (Phi) is 9.50. The van der Waals surface area contributed by atoms with Gasteiger partial charge in [0.05, 0.1) is 37.3 Å². The summed E-state index contributed by atoms with van der Waals surface area (Å²) in [6.45, 7) is 7.47. The average molecular weight is 616 g/mol. The third-order valence-corrected chi connectivity index (χ3v) is 9.02. The Hall–Kier alpha value is -3.64. The maximum atomic E-state index is 13.7. The summed E-state index contributed by atoms with van der Waals surface area (Å²) in [6, 6.07) is 11.9. The van der Waals surface area contributed by atoms with E-state index in [0.29, 0.717) is 50.1 Å². The lowest BCUT2D eigenvalue weighted by Gasteiger charge is -2.41. The van der Waals surface area contributed by atoms with Crippen molar-refractivity contribution in [2.75, 3.05) is 32.8 Å². The Labute approximate surface area is 255 Å². The van der Waals surface area contributed by atoms with Crippen molar-refractivity contribution in [2.24, 2.45) is 10.7 Å². The van der Waals surface area contributed by atoms with Crippen LogP contribution in [0.2, 0.25) is 0 Å². The molecule has 0 saturated carbocycles. The second-order valence-corrected chi connectivity index (χ2v) is 11.7. The highest BCUT2D eigenvalue weighted by Crippen LogP contribution is 2.40. The number of guanidine groups is 1. The van der Waals surface area contributed by atoms with Crippen molar-refractivity contribution in [3.8, 4) is 5.75 Å². The highest BCUT2D eigenvalue weighted by molar-refractivity contribution is 6.00. The molecule has 9 nitrogen and oxygen atoms in total. The van der Waals surface area contributed by atoms with E-state index >= 15 is 0 Å². The molecule has 2 aromatic rings. The van der Waals surface area contributed by atoms with Gasteiger partial charge in [0.2, 0.25) is 5.91 Å². The van der Waals surface area contributed by atoms with E-state index in [1.165, 1.54) is 6.07 Å². The van der Waals surface area contributed by atoms with E-state index in [0.717, 1.165) is 13.1 Å². The van der Waals surface area contributed by atoms with Crippen LogP contribution in [0.4, 0.5) is 13.2 Å². The van der Waals surface area contributed by atoms with Gasteiger partial charge in [-0.2, -0.15) is 13.2 Å². The number of benzene rings is 2. The summed E-state index contributed by atoms with van der Waals surface area (Å²) in [6.07, 6.45) is -4.92. The first-order valence-corrected chi connectivity index (χ1v) is 15.2. The van der Waals surface area contributed by atoms with Crippen molar-refractivity contribution < 1.29 is 32.2 Å². The predicted octanol–water partition coefficient (Wildman–Crippen LogP) is 4.74. The van der Waals surface area contributed by atoms with Crippen molar-refractivity contribution in [1.82, 2.24) is 15.1 Å². The van der Waals surface area contributed by atoms with Crippen molar-refractivity contribution in [3.63, 3.8) is 0 Å². The molecule has 3 N–H and O–H groups in total. The lowest BCUT2D eigenvalue weighted by atomic mass is 9.87. The standard InChI is InChI=1S/C32H40F3N5O4/c1-3-31(4-2)20-28(41)40(30(36)38-31)25(12-13-39-14-16-43-17-15-39)21-8-7-9-22(18-21)29(42)37-24-19-27(32(33,34)35)44-26-11-6-5-10-23(24)26/h5-11,18,24-25,27H,3-4,12-17,19-20H2,1-2H3,(H2,36,38)(H,37,42)/t24-,25+,27+/m0/s1. The first kappa shape index (κ1) is 31.8. The number of halogens is 3. The number of aliphatic imine (C=N–C) groups is 1. The minimum Gasteiger partial charge on any atom is -0.480 e. The summed E-state index contributed by atoms with van der Waals surface area (Å²) >= 11 is 0. The molecule has 0 unspecified atom stereocenters. The topological polar surface area (TPSA) is 109 Å². The smallest absolute Gasteiger partial charge is 0.425 e. The lowest BCUT2D eigenvalue weighted by molar-refractivity contribution is -0.201. The lowest BCUT2D eigenvalue weighted by Crippen LogP contribution is -2.53. The van der Waals surface area contributed by atoms with E-state index in [9.17, 15) is 22.8 Å². The molecule has 1 saturated heterocycles. The van der Waals surface area contributed by atoms with E-state index in [2.05, 4.69) is 10.2 Å². The number of carbonyl (C=O) groups excluding carboxylic acids is 2. The molecule has 2 amide bonds. The van der Waals surface area contributed by atoms with E-state index in [-0.39, 0.29) is 29.6 Å². The van der Waals surface area contributed by atoms with Crippen LogP contribution >= 0.6 is 0 Å². The second-order valence-electron chi connectivity index (χ2n) is 11.7. The molecule has 0 aliphatic carbocycles. The van der Waals surface area contributed by atoms with Crippen LogP contribution in [0.25, 0.3) is 0 Å². The van der Waals surface area contributed by atoms with Crippen LogP contribution < -0.4 is 15.8 Å². The fourth-order valence-corrected chi connectivity index (χ4v) is 6.28. The normalized spacial score (nSPS) is 22.9. The molecular weight excluding hydrogens is 575 g/mol. The zero-order valence-electron chi connectivity index (χ0n) is 25.1. The van der Waals surface area contributed by atoms with Gasteiger partial charge in [-0.05, 0) is 43.0 Å². The fourth-order valence-electron chi connectivity index (χ4n) is 6.28. The Balaban J connectivity index is 1.42. The van der Waals surface area contributed by atoms with E-state index in [1.54, 1.807) is 41.3 Å². The monoisotopic (exact) mass is 615 g/mol. The molecule has 2 aromatic carbocycles. The number of fused-ring (bicyclic) bond motifs is 1. The number of nitrogens with two attached hydrogens (primary N) is 1. The minimum absolute atomic E-state index is 0.0944. The quantitative estimate of drug-likeness (QED) is 0.422. The van der Waals surface area contributed by atoms with E-state index in [1.807, 2.05) is 19.9 Å². The molecule has 44 heavy (non-hydrogen) atoms. The zero-order valence-corrected chi connectivity index (χ0v) is 25.1. The third-order valence-electron chi connectivity index (χ3n) is 9.02. The third kappa shape index (κ3) is 6.86. The van der Waals surface area contributed by atoms with Crippen LogP contribution in [-0.2, 0) is 9.53 Å². The van der Waals surface area contributed by atoms with Crippen LogP contribution in [-0.4, -0.2) is 78.2 Å². The van der Waals surface area contributed by atoms with Gasteiger partial charge in [-0.3, -0.25) is 19.4 Å². The highest BCUT2D eigenvalue weighted by atomic mass is 19.4. The van der Waals surface area contributed by atoms with Crippen LogP contribution in [0.5, 0.6) is 5.75 Å². The molecule has 5 rings (SSSR count). The van der Waals surface area contributed by atoms with E-state index < -0.39 is 42.2 Å². The SMILES string of the molecule is CCC1(CC)CC(=O)N([C@H](CCN2CCOCC2)c2cccc(C(=O)N[C@H]3C[C@H](C(F)(F)F)Oc4ccccc43)c2)C(N)=N1. The van der Waals surface area contributed by atoms with Gasteiger partial charge in [0, 0.05) is 37.2 Å². The number of amides is 2. The van der Waals surface area contributed by atoms with Crippen LogP contribution in [0, 0.1) is 0 Å². The van der Waals surface area contributed by atoms with Crippen molar-refractivity contribution in [1.29, 1.82) is 0 Å². The molecular formula is C32H40F3N5O4. The molecule has 238 valence electrons. The number of rotatable bonds is 9. The van der Waals surface area contributed by atoms with Crippen molar-refractivity contribution in [3.05, 3.63) is 65.2 Å². The zero-order chi connectivity index (χ0) is 31.5. The van der Waals surface area contributed by atoms with Gasteiger partial charge in [0.15, 0.2) is 12.1 Å². The maximum absolute atomic E-state index is 13.7. The molecule has 3 aliphatic heterocycles. The first-order chi connectivity index (χ1) is 21.0. The maximum Gasteiger partial charge on any atom is 0.425 e. The minimum atomic E-state index is -4.58. The largest absolute Gasteiger partial charge is 0.480 e. The summed E-state index contributed by atoms with van der Waals surface area (Å²) in [4.78, 5) is 35.8. The molecule has 3 aliphatic rings. The van der Waals surface area contributed by atoms with Crippen molar-refractivity contribution in [2.45, 2.75) is 75.9 Å². The van der Waals surface area contributed by atoms with Gasteiger partial charge in [0.25, 0.3) is 5.91 Å². The molecule has 3 atom stereocenters. The summed E-state index contributed by atoms with van der Waals surface area (Å²) in [5.41, 5.74) is 7.40. The van der Waals surface area contributed by atoms with Crippen molar-refractivity contribution >= 4 is 17.8 Å². The molecule has 1 fully saturated rings. The van der Waals surface area contributed by atoms with Gasteiger partial charge in [-0.1, -0.05) is 44.2 Å². The van der Waals surface area contributed by atoms with Gasteiger partial charge in [-0.15, -0.1) is 0 Å². The summed E-state index contributed by atoms with van der Waals surface area (Å²) in [7, 11) is 0. The number of morpholine rings is 1. The Morgan fingerprint density at radius 3 is 2.55 bits per heavy atom. The molecule has 0 spiro atoms. The number of nitrogens with zero attached hydrogens (tertiary/aromatic N) is 3. The summed E-state index contributed by atoms with van der Waals surface area (Å²) in [5.74, 6) is -0.398. The second kappa shape index (κ2) is 13.2. The number of hydrogen-bond acceptors (Lipinski definition) is 7. The molecule has 3 heterocycles. The van der Waals surface area contributed by atoms with Gasteiger partial charge >= 0.3 is 6.18 Å². The van der Waals surface area contributed by atoms with Crippen LogP contribution in [0.15, 0.2) is 53.5 Å². The van der Waals surface area contributed by atoms with Crippen LogP contribution in [0.3, 0.4) is 0 Å². The Morgan fingerprint density at radius 1 is 1.14 bits per heavy atom. The number of para-hydroxylation sites is 1. The summed E-state index contributed by atoms with van der Waals surface area (Å²) in [5, 5.41) is 2.80. The van der Waals surface area contributed by atoms with Gasteiger partial charge in [-0.25, -0.2) is 4.99 Å². The molecule has 0 aromatic heterocycles. The Bertz CT molecular complexity index is 1370. The van der Waals surface area contributed by atoms with Crippen LogP contribution in [0.1, 0.15) is 79.5 Å². The number of carbonyl (C=O) groups is 2. The summed E-state index contributed by atoms with van der Waals surface area (Å²) < 4.78 is 51.6.